The molecule has 98 valence electrons. The lowest BCUT2D eigenvalue weighted by molar-refractivity contribution is -0.137. The van der Waals surface area contributed by atoms with Crippen LogP contribution in [-0.2, 0) is 17.5 Å². The first-order valence-corrected chi connectivity index (χ1v) is 5.22. The highest BCUT2D eigenvalue weighted by Crippen LogP contribution is 2.30. The van der Waals surface area contributed by atoms with E-state index in [-0.39, 0.29) is 18.7 Å². The van der Waals surface area contributed by atoms with Crippen LogP contribution in [0.5, 0.6) is 0 Å². The smallest absolute Gasteiger partial charge is 0.383 e. The average Bonchev–Trinajstić information content (AvgIpc) is 2.60. The van der Waals surface area contributed by atoms with Gasteiger partial charge < -0.3 is 9.72 Å². The average molecular weight is 260 g/mol. The van der Waals surface area contributed by atoms with Crippen molar-refractivity contribution in [1.29, 1.82) is 0 Å². The third kappa shape index (κ3) is 2.26. The third-order valence-corrected chi connectivity index (χ3v) is 2.62. The molecule has 7 heteroatoms. The van der Waals surface area contributed by atoms with Crippen LogP contribution in [0.1, 0.15) is 5.56 Å². The van der Waals surface area contributed by atoms with Crippen molar-refractivity contribution >= 4 is 11.0 Å². The zero-order valence-corrected chi connectivity index (χ0v) is 9.54. The number of hydrogen-bond donors (Lipinski definition) is 1. The van der Waals surface area contributed by atoms with Crippen LogP contribution in [0.3, 0.4) is 0 Å². The van der Waals surface area contributed by atoms with E-state index in [2.05, 4.69) is 4.98 Å². The number of benzene rings is 1. The van der Waals surface area contributed by atoms with Crippen molar-refractivity contribution in [3.05, 3.63) is 34.2 Å². The van der Waals surface area contributed by atoms with Crippen LogP contribution in [0.15, 0.2) is 23.0 Å². The minimum absolute atomic E-state index is 0.205. The van der Waals surface area contributed by atoms with Gasteiger partial charge in [-0.15, -0.1) is 0 Å². The van der Waals surface area contributed by atoms with E-state index < -0.39 is 17.4 Å². The van der Waals surface area contributed by atoms with Crippen LogP contribution in [0, 0.1) is 0 Å². The number of methoxy groups -OCH3 is 1. The molecule has 0 bridgehead atoms. The minimum Gasteiger partial charge on any atom is -0.383 e. The van der Waals surface area contributed by atoms with Gasteiger partial charge in [-0.3, -0.25) is 4.57 Å². The molecule has 1 N–H and O–H groups in total. The highest BCUT2D eigenvalue weighted by Gasteiger charge is 2.30. The first kappa shape index (κ1) is 12.7. The first-order valence-electron chi connectivity index (χ1n) is 5.22. The largest absolute Gasteiger partial charge is 0.416 e. The maximum Gasteiger partial charge on any atom is 0.416 e. The van der Waals surface area contributed by atoms with Crippen molar-refractivity contribution in [2.45, 2.75) is 12.7 Å². The molecule has 1 aromatic heterocycles. The second-order valence-electron chi connectivity index (χ2n) is 3.80. The fraction of sp³-hybridized carbons (Fsp3) is 0.364. The van der Waals surface area contributed by atoms with Gasteiger partial charge in [0.05, 0.1) is 29.7 Å². The summed E-state index contributed by atoms with van der Waals surface area (Å²) < 4.78 is 43.8. The molecule has 0 spiro atoms. The molecule has 0 aliphatic heterocycles. The Hall–Kier alpha value is -1.76. The predicted molar refractivity (Wildman–Crippen MR) is 59.4 cm³/mol. The Labute approximate surface area is 100.0 Å². The normalized spacial score (nSPS) is 12.2. The van der Waals surface area contributed by atoms with Gasteiger partial charge in [0, 0.05) is 7.11 Å². The molecule has 0 atom stereocenters. The summed E-state index contributed by atoms with van der Waals surface area (Å²) in [6, 6.07) is 3.16. The molecule has 0 unspecified atom stereocenters. The summed E-state index contributed by atoms with van der Waals surface area (Å²) in [4.78, 5) is 14.1. The number of ether oxygens (including phenoxy) is 1. The zero-order chi connectivity index (χ0) is 13.3. The van der Waals surface area contributed by atoms with E-state index in [0.717, 1.165) is 12.1 Å². The number of nitrogens with one attached hydrogen (secondary N) is 1. The summed E-state index contributed by atoms with van der Waals surface area (Å²) >= 11 is 0. The Morgan fingerprint density at radius 2 is 2.11 bits per heavy atom. The molecule has 4 nitrogen and oxygen atoms in total. The Kier molecular flexibility index (Phi) is 3.16. The van der Waals surface area contributed by atoms with Gasteiger partial charge in [0.15, 0.2) is 0 Å². The second-order valence-corrected chi connectivity index (χ2v) is 3.80. The van der Waals surface area contributed by atoms with Crippen LogP contribution >= 0.6 is 0 Å². The van der Waals surface area contributed by atoms with Crippen LogP contribution in [0.25, 0.3) is 11.0 Å². The molecule has 2 rings (SSSR count). The van der Waals surface area contributed by atoms with E-state index in [9.17, 15) is 18.0 Å². The minimum atomic E-state index is -4.42. The molecular weight excluding hydrogens is 249 g/mol. The molecule has 2 aromatic rings. The first-order chi connectivity index (χ1) is 8.43. The summed E-state index contributed by atoms with van der Waals surface area (Å²) in [5, 5.41) is 0. The molecular formula is C11H11F3N2O2. The molecule has 1 aromatic carbocycles. The lowest BCUT2D eigenvalue weighted by Crippen LogP contribution is -2.19. The van der Waals surface area contributed by atoms with Crippen molar-refractivity contribution in [2.24, 2.45) is 0 Å². The maximum atomic E-state index is 12.6. The van der Waals surface area contributed by atoms with Gasteiger partial charge >= 0.3 is 11.9 Å². The second kappa shape index (κ2) is 4.49. The third-order valence-electron chi connectivity index (χ3n) is 2.62. The number of H-pyrrole nitrogens is 1. The highest BCUT2D eigenvalue weighted by atomic mass is 19.4. The number of hydrogen-bond acceptors (Lipinski definition) is 2. The molecule has 0 radical (unpaired) electrons. The van der Waals surface area contributed by atoms with Gasteiger partial charge in [0.25, 0.3) is 0 Å². The van der Waals surface area contributed by atoms with E-state index in [1.165, 1.54) is 17.7 Å². The predicted octanol–water partition coefficient (Wildman–Crippen LogP) is 1.99. The summed E-state index contributed by atoms with van der Waals surface area (Å²) in [6.45, 7) is 0.458. The van der Waals surface area contributed by atoms with Gasteiger partial charge in [0.1, 0.15) is 0 Å². The van der Waals surface area contributed by atoms with Crippen LogP contribution in [-0.4, -0.2) is 23.3 Å². The molecule has 0 amide bonds. The summed E-state index contributed by atoms with van der Waals surface area (Å²) in [5.41, 5.74) is -0.613. The van der Waals surface area contributed by atoms with E-state index >= 15 is 0 Å². The quantitative estimate of drug-likeness (QED) is 0.917. The fourth-order valence-electron chi connectivity index (χ4n) is 1.73. The molecule has 0 aliphatic carbocycles. The summed E-state index contributed by atoms with van der Waals surface area (Å²) in [7, 11) is 1.46. The van der Waals surface area contributed by atoms with Crippen molar-refractivity contribution in [1.82, 2.24) is 9.55 Å². The lowest BCUT2D eigenvalue weighted by atomic mass is 10.2. The Balaban J connectivity index is 2.56. The monoisotopic (exact) mass is 260 g/mol. The Bertz CT molecular complexity index is 613. The van der Waals surface area contributed by atoms with Gasteiger partial charge in [-0.1, -0.05) is 0 Å². The van der Waals surface area contributed by atoms with Crippen molar-refractivity contribution in [3.63, 3.8) is 0 Å². The fourth-order valence-corrected chi connectivity index (χ4v) is 1.73. The van der Waals surface area contributed by atoms with Crippen molar-refractivity contribution in [2.75, 3.05) is 13.7 Å². The van der Waals surface area contributed by atoms with Gasteiger partial charge in [0.2, 0.25) is 0 Å². The molecule has 0 fully saturated rings. The summed E-state index contributed by atoms with van der Waals surface area (Å²) in [6.07, 6.45) is -4.42. The number of alkyl halides is 3. The van der Waals surface area contributed by atoms with Crippen LogP contribution in [0.2, 0.25) is 0 Å². The molecule has 0 saturated heterocycles. The Morgan fingerprint density at radius 3 is 2.72 bits per heavy atom. The van der Waals surface area contributed by atoms with Crippen molar-refractivity contribution < 1.29 is 17.9 Å². The van der Waals surface area contributed by atoms with Crippen LogP contribution in [0.4, 0.5) is 13.2 Å². The topological polar surface area (TPSA) is 47.0 Å². The number of rotatable bonds is 3. The molecule has 1 heterocycles. The molecule has 0 aliphatic rings. The lowest BCUT2D eigenvalue weighted by Gasteiger charge is -2.07. The number of fused-ring (bicyclic) bond motifs is 1. The highest BCUT2D eigenvalue weighted by molar-refractivity contribution is 5.76. The molecule has 0 saturated carbocycles. The number of aromatic nitrogens is 2. The van der Waals surface area contributed by atoms with Gasteiger partial charge in [-0.05, 0) is 18.2 Å². The SMILES string of the molecule is COCCn1c(=O)[nH]c2ccc(C(F)(F)F)cc21. The Morgan fingerprint density at radius 1 is 1.39 bits per heavy atom. The number of halogens is 3. The number of imidazole rings is 1. The van der Waals surface area contributed by atoms with E-state index in [1.807, 2.05) is 0 Å². The van der Waals surface area contributed by atoms with E-state index in [4.69, 9.17) is 4.74 Å². The van der Waals surface area contributed by atoms with Crippen molar-refractivity contribution in [3.8, 4) is 0 Å². The number of nitrogens with zero attached hydrogens (tertiary/aromatic N) is 1. The standard InChI is InChI=1S/C11H11F3N2O2/c1-18-5-4-16-9-6-7(11(12,13)14)2-3-8(9)15-10(16)17/h2-3,6H,4-5H2,1H3,(H,15,17). The van der Waals surface area contributed by atoms with Crippen LogP contribution < -0.4 is 5.69 Å². The maximum absolute atomic E-state index is 12.6. The van der Waals surface area contributed by atoms with Gasteiger partial charge in [-0.2, -0.15) is 13.2 Å². The van der Waals surface area contributed by atoms with Gasteiger partial charge in [-0.25, -0.2) is 4.79 Å². The summed E-state index contributed by atoms with van der Waals surface area (Å²) in [5.74, 6) is 0. The van der Waals surface area contributed by atoms with E-state index in [0.29, 0.717) is 5.52 Å². The van der Waals surface area contributed by atoms with E-state index in [1.54, 1.807) is 0 Å². The zero-order valence-electron chi connectivity index (χ0n) is 9.54. The molecule has 18 heavy (non-hydrogen) atoms. The number of aromatic amines is 1.